The van der Waals surface area contributed by atoms with Crippen molar-refractivity contribution in [1.29, 1.82) is 0 Å². The number of nitrogens with one attached hydrogen (secondary N) is 1. The van der Waals surface area contributed by atoms with Crippen LogP contribution in [-0.4, -0.2) is 19.9 Å². The molecule has 0 spiro atoms. The van der Waals surface area contributed by atoms with Crippen molar-refractivity contribution in [3.05, 3.63) is 35.4 Å². The van der Waals surface area contributed by atoms with Crippen LogP contribution in [0.2, 0.25) is 0 Å². The highest BCUT2D eigenvalue weighted by atomic mass is 16.1. The number of rotatable bonds is 3. The standard InChI is InChI=1S/C8H8O.C7H17N/c1-7-4-2-3-5-8(7)6-9;1-7(2,3)5-6-8-4/h2-6H,1H3;8H,5-6H2,1-4H3. The van der Waals surface area contributed by atoms with Crippen molar-refractivity contribution in [3.63, 3.8) is 0 Å². The molecule has 1 aromatic rings. The lowest BCUT2D eigenvalue weighted by Gasteiger charge is -2.16. The summed E-state index contributed by atoms with van der Waals surface area (Å²) < 4.78 is 0. The van der Waals surface area contributed by atoms with Gasteiger partial charge in [-0.1, -0.05) is 45.0 Å². The number of hydrogen-bond donors (Lipinski definition) is 1. The summed E-state index contributed by atoms with van der Waals surface area (Å²) in [5, 5.41) is 3.12. The van der Waals surface area contributed by atoms with Crippen LogP contribution < -0.4 is 5.32 Å². The average molecular weight is 235 g/mol. The largest absolute Gasteiger partial charge is 0.320 e. The number of carbonyl (C=O) groups excluding carboxylic acids is 1. The summed E-state index contributed by atoms with van der Waals surface area (Å²) in [7, 11) is 1.99. The highest BCUT2D eigenvalue weighted by molar-refractivity contribution is 5.76. The van der Waals surface area contributed by atoms with Gasteiger partial charge in [0, 0.05) is 5.56 Å². The maximum Gasteiger partial charge on any atom is 0.150 e. The third kappa shape index (κ3) is 8.64. The predicted molar refractivity (Wildman–Crippen MR) is 74.6 cm³/mol. The van der Waals surface area contributed by atoms with Gasteiger partial charge in [-0.3, -0.25) is 4.79 Å². The zero-order valence-corrected chi connectivity index (χ0v) is 11.7. The van der Waals surface area contributed by atoms with E-state index in [1.54, 1.807) is 0 Å². The Morgan fingerprint density at radius 2 is 1.82 bits per heavy atom. The van der Waals surface area contributed by atoms with Crippen LogP contribution in [-0.2, 0) is 0 Å². The summed E-state index contributed by atoms with van der Waals surface area (Å²) in [5.41, 5.74) is 2.30. The fraction of sp³-hybridized carbons (Fsp3) is 0.533. The third-order valence-electron chi connectivity index (χ3n) is 2.44. The van der Waals surface area contributed by atoms with Gasteiger partial charge in [-0.25, -0.2) is 0 Å². The fourth-order valence-electron chi connectivity index (χ4n) is 1.22. The molecule has 17 heavy (non-hydrogen) atoms. The van der Waals surface area contributed by atoms with Crippen LogP contribution in [0, 0.1) is 12.3 Å². The molecule has 0 saturated heterocycles. The molecule has 1 rings (SSSR count). The van der Waals surface area contributed by atoms with Gasteiger partial charge in [0.1, 0.15) is 6.29 Å². The summed E-state index contributed by atoms with van der Waals surface area (Å²) in [6, 6.07) is 7.51. The minimum Gasteiger partial charge on any atom is -0.320 e. The first kappa shape index (κ1) is 15.9. The molecule has 0 aliphatic carbocycles. The van der Waals surface area contributed by atoms with Crippen molar-refractivity contribution in [1.82, 2.24) is 5.32 Å². The minimum atomic E-state index is 0.489. The average Bonchev–Trinajstić information content (AvgIpc) is 2.27. The number of carbonyl (C=O) groups is 1. The molecule has 0 aliphatic rings. The first-order chi connectivity index (χ1) is 7.90. The molecule has 0 aliphatic heterocycles. The molecule has 96 valence electrons. The monoisotopic (exact) mass is 235 g/mol. The quantitative estimate of drug-likeness (QED) is 0.813. The van der Waals surface area contributed by atoms with Gasteiger partial charge in [0.25, 0.3) is 0 Å². The summed E-state index contributed by atoms with van der Waals surface area (Å²) in [4.78, 5) is 10.2. The van der Waals surface area contributed by atoms with E-state index in [0.29, 0.717) is 5.41 Å². The van der Waals surface area contributed by atoms with E-state index in [0.717, 1.165) is 24.0 Å². The molecule has 0 saturated carbocycles. The van der Waals surface area contributed by atoms with Gasteiger partial charge >= 0.3 is 0 Å². The molecule has 1 aromatic carbocycles. The van der Waals surface area contributed by atoms with E-state index >= 15 is 0 Å². The summed E-state index contributed by atoms with van der Waals surface area (Å²) >= 11 is 0. The molecule has 2 heteroatoms. The SMILES string of the molecule is CNCCC(C)(C)C.Cc1ccccc1C=O. The number of aldehydes is 1. The maximum atomic E-state index is 10.2. The molecule has 0 heterocycles. The maximum absolute atomic E-state index is 10.2. The zero-order valence-electron chi connectivity index (χ0n) is 11.7. The van der Waals surface area contributed by atoms with Crippen molar-refractivity contribution in [2.75, 3.05) is 13.6 Å². The Morgan fingerprint density at radius 3 is 2.12 bits per heavy atom. The zero-order chi connectivity index (χ0) is 13.3. The van der Waals surface area contributed by atoms with Crippen molar-refractivity contribution < 1.29 is 4.79 Å². The molecule has 1 N–H and O–H groups in total. The summed E-state index contributed by atoms with van der Waals surface area (Å²) in [6.45, 7) is 9.81. The molecule has 0 aromatic heterocycles. The van der Waals surface area contributed by atoms with Gasteiger partial charge in [-0.2, -0.15) is 0 Å². The summed E-state index contributed by atoms with van der Waals surface area (Å²) in [5.74, 6) is 0. The number of hydrogen-bond acceptors (Lipinski definition) is 2. The van der Waals surface area contributed by atoms with E-state index in [1.165, 1.54) is 6.42 Å². The predicted octanol–water partition coefficient (Wildman–Crippen LogP) is 3.45. The first-order valence-electron chi connectivity index (χ1n) is 6.06. The molecule has 0 radical (unpaired) electrons. The van der Waals surface area contributed by atoms with E-state index in [2.05, 4.69) is 26.1 Å². The Balaban J connectivity index is 0.000000304. The van der Waals surface area contributed by atoms with Gasteiger partial charge in [0.05, 0.1) is 0 Å². The van der Waals surface area contributed by atoms with Crippen LogP contribution in [0.1, 0.15) is 43.1 Å². The van der Waals surface area contributed by atoms with Gasteiger partial charge in [-0.15, -0.1) is 0 Å². The van der Waals surface area contributed by atoms with Gasteiger partial charge in [-0.05, 0) is 37.9 Å². The van der Waals surface area contributed by atoms with Crippen LogP contribution in [0.4, 0.5) is 0 Å². The number of benzene rings is 1. The minimum absolute atomic E-state index is 0.489. The Morgan fingerprint density at radius 1 is 1.24 bits per heavy atom. The molecular formula is C15H25NO. The van der Waals surface area contributed by atoms with Gasteiger partial charge in [0.15, 0.2) is 0 Å². The fourth-order valence-corrected chi connectivity index (χ4v) is 1.22. The van der Waals surface area contributed by atoms with E-state index in [4.69, 9.17) is 0 Å². The van der Waals surface area contributed by atoms with Crippen molar-refractivity contribution in [2.24, 2.45) is 5.41 Å². The highest BCUT2D eigenvalue weighted by Gasteiger charge is 2.07. The molecular weight excluding hydrogens is 210 g/mol. The van der Waals surface area contributed by atoms with Crippen LogP contribution in [0.5, 0.6) is 0 Å². The van der Waals surface area contributed by atoms with Crippen molar-refractivity contribution >= 4 is 6.29 Å². The Kier molecular flexibility index (Phi) is 7.47. The van der Waals surface area contributed by atoms with Gasteiger partial charge < -0.3 is 5.32 Å². The lowest BCUT2D eigenvalue weighted by atomic mass is 9.92. The van der Waals surface area contributed by atoms with Crippen LogP contribution in [0.15, 0.2) is 24.3 Å². The van der Waals surface area contributed by atoms with Gasteiger partial charge in [0.2, 0.25) is 0 Å². The second-order valence-corrected chi connectivity index (χ2v) is 5.39. The first-order valence-corrected chi connectivity index (χ1v) is 6.06. The van der Waals surface area contributed by atoms with Crippen LogP contribution in [0.25, 0.3) is 0 Å². The second kappa shape index (κ2) is 8.02. The summed E-state index contributed by atoms with van der Waals surface area (Å²) in [6.07, 6.45) is 2.12. The van der Waals surface area contributed by atoms with Crippen molar-refractivity contribution in [3.8, 4) is 0 Å². The smallest absolute Gasteiger partial charge is 0.150 e. The molecule has 0 fully saturated rings. The molecule has 0 amide bonds. The lowest BCUT2D eigenvalue weighted by molar-refractivity contribution is 0.112. The Bertz CT molecular complexity index is 326. The molecule has 2 nitrogen and oxygen atoms in total. The topological polar surface area (TPSA) is 29.1 Å². The molecule has 0 atom stereocenters. The molecule has 0 bridgehead atoms. The lowest BCUT2D eigenvalue weighted by Crippen LogP contribution is -2.16. The van der Waals surface area contributed by atoms with E-state index in [1.807, 2.05) is 38.2 Å². The van der Waals surface area contributed by atoms with Crippen molar-refractivity contribution in [2.45, 2.75) is 34.1 Å². The normalized spacial score (nSPS) is 10.4. The molecule has 0 unspecified atom stereocenters. The van der Waals surface area contributed by atoms with E-state index in [-0.39, 0.29) is 0 Å². The number of aryl methyl sites for hydroxylation is 1. The van der Waals surface area contributed by atoms with E-state index in [9.17, 15) is 4.79 Å². The van der Waals surface area contributed by atoms with E-state index < -0.39 is 0 Å². The Hall–Kier alpha value is -1.15. The Labute approximate surface area is 105 Å². The third-order valence-corrected chi connectivity index (χ3v) is 2.44. The second-order valence-electron chi connectivity index (χ2n) is 5.39. The van der Waals surface area contributed by atoms with Crippen LogP contribution >= 0.6 is 0 Å². The van der Waals surface area contributed by atoms with Crippen LogP contribution in [0.3, 0.4) is 0 Å². The highest BCUT2D eigenvalue weighted by Crippen LogP contribution is 2.16.